The summed E-state index contributed by atoms with van der Waals surface area (Å²) >= 11 is 3.01. The first-order valence-electron chi connectivity index (χ1n) is 7.49. The number of anilines is 1. The number of carbonyl (C=O) groups is 1. The van der Waals surface area contributed by atoms with Crippen molar-refractivity contribution in [3.8, 4) is 5.69 Å². The Bertz CT molecular complexity index is 815. The van der Waals surface area contributed by atoms with E-state index in [-0.39, 0.29) is 5.91 Å². The van der Waals surface area contributed by atoms with Gasteiger partial charge in [-0.25, -0.2) is 14.6 Å². The van der Waals surface area contributed by atoms with Crippen LogP contribution >= 0.6 is 23.1 Å². The molecule has 0 fully saturated rings. The second-order valence-electron chi connectivity index (χ2n) is 4.98. The van der Waals surface area contributed by atoms with Gasteiger partial charge in [-0.1, -0.05) is 30.0 Å². The molecule has 0 aliphatic carbocycles. The Morgan fingerprint density at radius 1 is 1.33 bits per heavy atom. The zero-order valence-electron chi connectivity index (χ0n) is 13.4. The second kappa shape index (κ2) is 7.59. The summed E-state index contributed by atoms with van der Waals surface area (Å²) in [7, 11) is 0. The highest BCUT2D eigenvalue weighted by atomic mass is 32.2. The fourth-order valence-electron chi connectivity index (χ4n) is 2.14. The lowest BCUT2D eigenvalue weighted by atomic mass is 10.3. The van der Waals surface area contributed by atoms with E-state index in [9.17, 15) is 4.79 Å². The maximum atomic E-state index is 11.6. The van der Waals surface area contributed by atoms with Crippen LogP contribution < -0.4 is 4.90 Å². The minimum Gasteiger partial charge on any atom is -0.289 e. The summed E-state index contributed by atoms with van der Waals surface area (Å²) < 4.78 is 1.75. The van der Waals surface area contributed by atoms with Gasteiger partial charge >= 0.3 is 0 Å². The molecule has 2 heterocycles. The van der Waals surface area contributed by atoms with Gasteiger partial charge in [-0.3, -0.25) is 9.69 Å². The predicted molar refractivity (Wildman–Crippen MR) is 96.7 cm³/mol. The molecule has 0 radical (unpaired) electrons. The molecular weight excluding hydrogens is 342 g/mol. The Labute approximate surface area is 148 Å². The SMILES string of the molecule is CCN(C(C)=O)c1nc(CSc2ncn(-c3ccccc3)n2)cs1. The molecule has 0 unspecified atom stereocenters. The summed E-state index contributed by atoms with van der Waals surface area (Å²) in [5.41, 5.74) is 1.91. The Morgan fingerprint density at radius 3 is 2.83 bits per heavy atom. The fraction of sp³-hybridized carbons (Fsp3) is 0.250. The van der Waals surface area contributed by atoms with E-state index in [0.717, 1.165) is 16.5 Å². The molecule has 3 aromatic rings. The van der Waals surface area contributed by atoms with Crippen LogP contribution in [0.1, 0.15) is 19.5 Å². The van der Waals surface area contributed by atoms with Crippen molar-refractivity contribution in [2.24, 2.45) is 0 Å². The normalized spacial score (nSPS) is 10.8. The summed E-state index contributed by atoms with van der Waals surface area (Å²) in [5.74, 6) is 0.680. The topological polar surface area (TPSA) is 63.9 Å². The zero-order chi connectivity index (χ0) is 16.9. The van der Waals surface area contributed by atoms with Crippen molar-refractivity contribution in [1.82, 2.24) is 19.7 Å². The molecule has 1 amide bonds. The van der Waals surface area contributed by atoms with Crippen molar-refractivity contribution in [3.05, 3.63) is 47.7 Å². The number of para-hydroxylation sites is 1. The van der Waals surface area contributed by atoms with Crippen LogP contribution in [-0.4, -0.2) is 32.2 Å². The number of carbonyl (C=O) groups excluding carboxylic acids is 1. The van der Waals surface area contributed by atoms with Gasteiger partial charge in [-0.2, -0.15) is 0 Å². The van der Waals surface area contributed by atoms with E-state index < -0.39 is 0 Å². The van der Waals surface area contributed by atoms with Gasteiger partial charge < -0.3 is 0 Å². The zero-order valence-corrected chi connectivity index (χ0v) is 15.0. The summed E-state index contributed by atoms with van der Waals surface area (Å²) in [6.45, 7) is 4.12. The average Bonchev–Trinajstić information content (AvgIpc) is 3.23. The minimum atomic E-state index is 0.00863. The van der Waals surface area contributed by atoms with Crippen molar-refractivity contribution >= 4 is 34.1 Å². The molecule has 0 atom stereocenters. The number of hydrogen-bond donors (Lipinski definition) is 0. The number of benzene rings is 1. The van der Waals surface area contributed by atoms with Gasteiger partial charge in [0, 0.05) is 24.6 Å². The minimum absolute atomic E-state index is 0.00863. The summed E-state index contributed by atoms with van der Waals surface area (Å²) in [6.07, 6.45) is 1.71. The molecule has 3 rings (SSSR count). The first-order valence-corrected chi connectivity index (χ1v) is 9.36. The monoisotopic (exact) mass is 359 g/mol. The molecule has 0 saturated carbocycles. The molecule has 24 heavy (non-hydrogen) atoms. The molecule has 0 saturated heterocycles. The van der Waals surface area contributed by atoms with Crippen molar-refractivity contribution < 1.29 is 4.79 Å². The van der Waals surface area contributed by atoms with Crippen molar-refractivity contribution in [2.45, 2.75) is 24.8 Å². The number of amides is 1. The van der Waals surface area contributed by atoms with Gasteiger partial charge in [0.25, 0.3) is 0 Å². The third-order valence-corrected chi connectivity index (χ3v) is 5.11. The second-order valence-corrected chi connectivity index (χ2v) is 6.76. The summed E-state index contributed by atoms with van der Waals surface area (Å²) in [5, 5.41) is 7.88. The van der Waals surface area contributed by atoms with Gasteiger partial charge in [0.05, 0.1) is 11.4 Å². The summed E-state index contributed by atoms with van der Waals surface area (Å²) in [4.78, 5) is 22.1. The molecular formula is C16H17N5OS2. The molecule has 0 N–H and O–H groups in total. The van der Waals surface area contributed by atoms with E-state index in [1.54, 1.807) is 22.8 Å². The maximum Gasteiger partial charge on any atom is 0.225 e. The van der Waals surface area contributed by atoms with Crippen LogP contribution in [0.4, 0.5) is 5.13 Å². The highest BCUT2D eigenvalue weighted by Gasteiger charge is 2.14. The van der Waals surface area contributed by atoms with Crippen LogP contribution in [0.5, 0.6) is 0 Å². The van der Waals surface area contributed by atoms with Gasteiger partial charge in [0.15, 0.2) is 5.13 Å². The van der Waals surface area contributed by atoms with Gasteiger partial charge in [-0.15, -0.1) is 16.4 Å². The van der Waals surface area contributed by atoms with E-state index in [1.165, 1.54) is 23.1 Å². The third kappa shape index (κ3) is 3.82. The van der Waals surface area contributed by atoms with Crippen molar-refractivity contribution in [2.75, 3.05) is 11.4 Å². The highest BCUT2D eigenvalue weighted by Crippen LogP contribution is 2.25. The molecule has 124 valence electrons. The molecule has 8 heteroatoms. The fourth-order valence-corrected chi connectivity index (χ4v) is 3.87. The highest BCUT2D eigenvalue weighted by molar-refractivity contribution is 7.98. The Balaban J connectivity index is 1.64. The molecule has 0 aliphatic rings. The maximum absolute atomic E-state index is 11.6. The van der Waals surface area contributed by atoms with Crippen LogP contribution in [0.2, 0.25) is 0 Å². The molecule has 2 aromatic heterocycles. The number of rotatable bonds is 6. The standard InChI is InChI=1S/C16H17N5OS2/c1-3-20(12(2)22)16-18-13(10-24-16)9-23-15-17-11-21(19-15)14-7-5-4-6-8-14/h4-8,10-11H,3,9H2,1-2H3. The van der Waals surface area contributed by atoms with Crippen molar-refractivity contribution in [3.63, 3.8) is 0 Å². The van der Waals surface area contributed by atoms with Crippen LogP contribution in [0.15, 0.2) is 47.2 Å². The van der Waals surface area contributed by atoms with Crippen LogP contribution in [0.3, 0.4) is 0 Å². The lowest BCUT2D eigenvalue weighted by Gasteiger charge is -2.14. The molecule has 6 nitrogen and oxygen atoms in total. The summed E-state index contributed by atoms with van der Waals surface area (Å²) in [6, 6.07) is 9.87. The van der Waals surface area contributed by atoms with Crippen molar-refractivity contribution in [1.29, 1.82) is 0 Å². The predicted octanol–water partition coefficient (Wildman–Crippen LogP) is 3.39. The lowest BCUT2D eigenvalue weighted by molar-refractivity contribution is -0.116. The van der Waals surface area contributed by atoms with E-state index in [2.05, 4.69) is 15.1 Å². The third-order valence-electron chi connectivity index (χ3n) is 3.31. The molecule has 0 bridgehead atoms. The molecule has 0 aliphatic heterocycles. The smallest absolute Gasteiger partial charge is 0.225 e. The van der Waals surface area contributed by atoms with Gasteiger partial charge in [-0.05, 0) is 19.1 Å². The van der Waals surface area contributed by atoms with E-state index in [1.807, 2.05) is 42.6 Å². The van der Waals surface area contributed by atoms with Crippen LogP contribution in [-0.2, 0) is 10.5 Å². The van der Waals surface area contributed by atoms with E-state index in [4.69, 9.17) is 0 Å². The van der Waals surface area contributed by atoms with E-state index >= 15 is 0 Å². The molecule has 1 aromatic carbocycles. The molecule has 0 spiro atoms. The van der Waals surface area contributed by atoms with Gasteiger partial charge in [0.2, 0.25) is 11.1 Å². The van der Waals surface area contributed by atoms with Crippen LogP contribution in [0.25, 0.3) is 5.69 Å². The Hall–Kier alpha value is -2.19. The number of hydrogen-bond acceptors (Lipinski definition) is 6. The quantitative estimate of drug-likeness (QED) is 0.631. The number of thiazole rings is 1. The van der Waals surface area contributed by atoms with Gasteiger partial charge in [0.1, 0.15) is 6.33 Å². The number of thioether (sulfide) groups is 1. The number of aromatic nitrogens is 4. The largest absolute Gasteiger partial charge is 0.289 e. The first kappa shape index (κ1) is 16.7. The number of nitrogens with zero attached hydrogens (tertiary/aromatic N) is 5. The first-order chi connectivity index (χ1) is 11.7. The van der Waals surface area contributed by atoms with E-state index in [0.29, 0.717) is 17.5 Å². The Kier molecular flexibility index (Phi) is 5.27. The Morgan fingerprint density at radius 2 is 2.12 bits per heavy atom. The van der Waals surface area contributed by atoms with Crippen LogP contribution in [0, 0.1) is 0 Å². The lowest BCUT2D eigenvalue weighted by Crippen LogP contribution is -2.27. The average molecular weight is 359 g/mol.